The third-order valence-electron chi connectivity index (χ3n) is 8.05. The van der Waals surface area contributed by atoms with Gasteiger partial charge in [-0.2, -0.15) is 0 Å². The van der Waals surface area contributed by atoms with Gasteiger partial charge in [0, 0.05) is 17.8 Å². The molecule has 0 radical (unpaired) electrons. The molecular weight excluding hydrogens is 268 g/mol. The van der Waals surface area contributed by atoms with E-state index in [-0.39, 0.29) is 5.41 Å². The number of fused-ring (bicyclic) bond motifs is 5. The molecule has 118 valence electrons. The summed E-state index contributed by atoms with van der Waals surface area (Å²) in [7, 11) is 0. The third kappa shape index (κ3) is 1.76. The lowest BCUT2D eigenvalue weighted by atomic mass is 9.47. The van der Waals surface area contributed by atoms with E-state index in [1.54, 1.807) is 5.57 Å². The lowest BCUT2D eigenvalue weighted by Crippen LogP contribution is -2.50. The molecule has 0 spiro atoms. The fourth-order valence-corrected chi connectivity index (χ4v) is 6.57. The van der Waals surface area contributed by atoms with Crippen LogP contribution < -0.4 is 0 Å². The van der Waals surface area contributed by atoms with E-state index in [0.29, 0.717) is 23.0 Å². The Balaban J connectivity index is 1.68. The number of ketones is 1. The zero-order chi connectivity index (χ0) is 15.5. The number of hydrogen-bond acceptors (Lipinski definition) is 1. The maximum absolute atomic E-state index is 12.4. The molecule has 3 fully saturated rings. The van der Waals surface area contributed by atoms with E-state index in [2.05, 4.69) is 25.8 Å². The lowest BCUT2D eigenvalue weighted by molar-refractivity contribution is -0.131. The second-order valence-electron chi connectivity index (χ2n) is 8.78. The molecule has 0 aromatic carbocycles. The highest BCUT2D eigenvalue weighted by Crippen LogP contribution is 2.64. The van der Waals surface area contributed by atoms with Gasteiger partial charge in [0.15, 0.2) is 0 Å². The Morgan fingerprint density at radius 2 is 1.86 bits per heavy atom. The molecule has 0 aliphatic heterocycles. The highest BCUT2D eigenvalue weighted by molar-refractivity contribution is 5.87. The van der Waals surface area contributed by atoms with Crippen LogP contribution in [0.5, 0.6) is 0 Å². The molecule has 0 aromatic heterocycles. The van der Waals surface area contributed by atoms with E-state index < -0.39 is 0 Å². The van der Waals surface area contributed by atoms with Gasteiger partial charge < -0.3 is 0 Å². The second-order valence-corrected chi connectivity index (χ2v) is 8.78. The van der Waals surface area contributed by atoms with Crippen molar-refractivity contribution in [2.75, 3.05) is 0 Å². The van der Waals surface area contributed by atoms with E-state index in [4.69, 9.17) is 6.42 Å². The molecule has 1 heteroatoms. The molecule has 22 heavy (non-hydrogen) atoms. The van der Waals surface area contributed by atoms with Crippen LogP contribution in [-0.4, -0.2) is 5.78 Å². The predicted octanol–water partition coefficient (Wildman–Crippen LogP) is 4.77. The Hall–Kier alpha value is -1.03. The van der Waals surface area contributed by atoms with Crippen molar-refractivity contribution < 1.29 is 4.79 Å². The van der Waals surface area contributed by atoms with E-state index >= 15 is 0 Å². The largest absolute Gasteiger partial charge is 0.299 e. The van der Waals surface area contributed by atoms with Gasteiger partial charge in [-0.3, -0.25) is 4.79 Å². The fourth-order valence-electron chi connectivity index (χ4n) is 6.57. The van der Waals surface area contributed by atoms with Crippen LogP contribution in [0.15, 0.2) is 11.6 Å². The number of hydrogen-bond donors (Lipinski definition) is 0. The zero-order valence-corrected chi connectivity index (χ0v) is 14.0. The first-order valence-electron chi connectivity index (χ1n) is 9.18. The van der Waals surface area contributed by atoms with E-state index in [1.807, 2.05) is 0 Å². The number of rotatable bonds is 0. The molecule has 1 nitrogen and oxygen atoms in total. The van der Waals surface area contributed by atoms with Gasteiger partial charge in [-0.15, -0.1) is 12.3 Å². The van der Waals surface area contributed by atoms with Gasteiger partial charge in [-0.1, -0.05) is 25.5 Å². The van der Waals surface area contributed by atoms with Crippen LogP contribution in [0.25, 0.3) is 0 Å². The molecule has 4 aliphatic carbocycles. The van der Waals surface area contributed by atoms with Crippen molar-refractivity contribution >= 4 is 5.78 Å². The van der Waals surface area contributed by atoms with Crippen LogP contribution in [0.1, 0.15) is 65.2 Å². The summed E-state index contributed by atoms with van der Waals surface area (Å²) in [5.74, 6) is 6.16. The van der Waals surface area contributed by atoms with Crippen LogP contribution >= 0.6 is 0 Å². The first-order valence-corrected chi connectivity index (χ1v) is 9.18. The molecule has 0 aromatic rings. The van der Waals surface area contributed by atoms with Crippen LogP contribution in [-0.2, 0) is 4.79 Å². The summed E-state index contributed by atoms with van der Waals surface area (Å²) in [6, 6.07) is 0. The first-order chi connectivity index (χ1) is 10.5. The van der Waals surface area contributed by atoms with E-state index in [0.717, 1.165) is 37.5 Å². The van der Waals surface area contributed by atoms with Gasteiger partial charge in [0.25, 0.3) is 0 Å². The minimum absolute atomic E-state index is 0.00110. The van der Waals surface area contributed by atoms with Crippen molar-refractivity contribution in [1.29, 1.82) is 0 Å². The predicted molar refractivity (Wildman–Crippen MR) is 89.0 cm³/mol. The van der Waals surface area contributed by atoms with Crippen molar-refractivity contribution in [3.63, 3.8) is 0 Å². The number of allylic oxidation sites excluding steroid dienone is 2. The summed E-state index contributed by atoms with van der Waals surface area (Å²) in [5.41, 5.74) is 2.01. The van der Waals surface area contributed by atoms with Crippen LogP contribution in [0.3, 0.4) is 0 Å². The van der Waals surface area contributed by atoms with Crippen molar-refractivity contribution in [2.24, 2.45) is 34.5 Å². The standard InChI is InChI=1S/C21H28O/c1-4-14-9-11-20(2)15(13-14)5-6-16-17-7-8-19(22)21(17,3)12-10-18(16)20/h1,5,14,16-18H,6-13H2,2-3H3/t14?,16-,17-,18+,20-,21-/m0/s1. The Morgan fingerprint density at radius 1 is 1.14 bits per heavy atom. The van der Waals surface area contributed by atoms with Crippen LogP contribution in [0.2, 0.25) is 0 Å². The summed E-state index contributed by atoms with van der Waals surface area (Å²) < 4.78 is 0. The maximum Gasteiger partial charge on any atom is 0.139 e. The first kappa shape index (κ1) is 14.6. The Morgan fingerprint density at radius 3 is 2.64 bits per heavy atom. The summed E-state index contributed by atoms with van der Waals surface area (Å²) >= 11 is 0. The maximum atomic E-state index is 12.4. The molecule has 3 saturated carbocycles. The van der Waals surface area contributed by atoms with Gasteiger partial charge in [0.05, 0.1) is 0 Å². The van der Waals surface area contributed by atoms with Crippen LogP contribution in [0.4, 0.5) is 0 Å². The second kappa shape index (κ2) is 4.73. The number of terminal acetylenes is 1. The van der Waals surface area contributed by atoms with Crippen molar-refractivity contribution in [1.82, 2.24) is 0 Å². The SMILES string of the molecule is C#CC1CC[C@@]2(C)C(=CC[C@@H]3[C@H]2CC[C@]2(C)C(=O)CC[C@@H]32)C1. The van der Waals surface area contributed by atoms with Crippen molar-refractivity contribution in [3.8, 4) is 12.3 Å². The number of carbonyl (C=O) groups is 1. The quantitative estimate of drug-likeness (QED) is 0.465. The Labute approximate surface area is 134 Å². The van der Waals surface area contributed by atoms with Gasteiger partial charge in [0.2, 0.25) is 0 Å². The van der Waals surface area contributed by atoms with Crippen molar-refractivity contribution in [3.05, 3.63) is 11.6 Å². The number of Topliss-reactive ketones (excluding diaryl/α,β-unsaturated/α-hetero) is 1. The third-order valence-corrected chi connectivity index (χ3v) is 8.05. The molecule has 0 saturated heterocycles. The monoisotopic (exact) mass is 296 g/mol. The molecule has 1 unspecified atom stereocenters. The summed E-state index contributed by atoms with van der Waals surface area (Å²) in [6.45, 7) is 4.77. The Bertz CT molecular complexity index is 579. The summed E-state index contributed by atoms with van der Waals surface area (Å²) in [6.07, 6.45) is 17.3. The zero-order valence-electron chi connectivity index (χ0n) is 14.0. The summed E-state index contributed by atoms with van der Waals surface area (Å²) in [5, 5.41) is 0. The molecular formula is C21H28O. The highest BCUT2D eigenvalue weighted by atomic mass is 16.1. The Kier molecular flexibility index (Phi) is 3.13. The minimum atomic E-state index is -0.00110. The molecule has 4 rings (SSSR count). The van der Waals surface area contributed by atoms with Gasteiger partial charge in [-0.25, -0.2) is 0 Å². The highest BCUT2D eigenvalue weighted by Gasteiger charge is 2.58. The minimum Gasteiger partial charge on any atom is -0.299 e. The van der Waals surface area contributed by atoms with E-state index in [9.17, 15) is 4.79 Å². The average Bonchev–Trinajstić information content (AvgIpc) is 2.82. The number of carbonyl (C=O) groups excluding carboxylic acids is 1. The lowest BCUT2D eigenvalue weighted by Gasteiger charge is -2.56. The summed E-state index contributed by atoms with van der Waals surface area (Å²) in [4.78, 5) is 12.4. The molecule has 0 N–H and O–H groups in total. The topological polar surface area (TPSA) is 17.1 Å². The van der Waals surface area contributed by atoms with Gasteiger partial charge in [-0.05, 0) is 68.1 Å². The van der Waals surface area contributed by atoms with Gasteiger partial charge in [0.1, 0.15) is 5.78 Å². The van der Waals surface area contributed by atoms with Gasteiger partial charge >= 0.3 is 0 Å². The average molecular weight is 296 g/mol. The molecule has 4 aliphatic rings. The van der Waals surface area contributed by atoms with Crippen molar-refractivity contribution in [2.45, 2.75) is 65.2 Å². The molecule has 6 atom stereocenters. The molecule has 0 bridgehead atoms. The normalized spacial score (nSPS) is 50.4. The smallest absolute Gasteiger partial charge is 0.139 e. The van der Waals surface area contributed by atoms with Crippen LogP contribution in [0, 0.1) is 46.8 Å². The molecule has 0 amide bonds. The molecule has 0 heterocycles. The van der Waals surface area contributed by atoms with E-state index in [1.165, 1.54) is 25.7 Å². The fraction of sp³-hybridized carbons (Fsp3) is 0.762.